The lowest BCUT2D eigenvalue weighted by Gasteiger charge is -2.08. The van der Waals surface area contributed by atoms with E-state index in [9.17, 15) is 9.90 Å². The number of carboxylic acids is 1. The molecule has 3 heteroatoms. The number of carbonyl (C=O) groups is 1. The molecular formula is C20H30O3. The summed E-state index contributed by atoms with van der Waals surface area (Å²) in [5, 5.41) is 18.2. The van der Waals surface area contributed by atoms with Gasteiger partial charge in [0.2, 0.25) is 0 Å². The van der Waals surface area contributed by atoms with Crippen molar-refractivity contribution >= 4 is 5.97 Å². The maximum atomic E-state index is 10.2. The van der Waals surface area contributed by atoms with Gasteiger partial charge in [0.1, 0.15) is 0 Å². The standard InChI is InChI=1S/C20H30O3/c1-2-3-13-16-19(21)17-14-11-9-7-5-4-6-8-10-12-15-18-20(22)23/h4-10,12,15,18-19,21H,2-3,11,13-14,16-17H2,1H3,(H,22,23)/t19-/m1/s1. The van der Waals surface area contributed by atoms with Gasteiger partial charge in [0, 0.05) is 6.08 Å². The topological polar surface area (TPSA) is 57.5 Å². The number of rotatable bonds is 13. The minimum atomic E-state index is -0.947. The molecule has 0 bridgehead atoms. The lowest BCUT2D eigenvalue weighted by atomic mass is 10.1. The number of hydrogen-bond donors (Lipinski definition) is 2. The Labute approximate surface area is 140 Å². The van der Waals surface area contributed by atoms with E-state index in [1.165, 1.54) is 18.9 Å². The summed E-state index contributed by atoms with van der Waals surface area (Å²) in [5.41, 5.74) is 0. The molecule has 0 aliphatic carbocycles. The summed E-state index contributed by atoms with van der Waals surface area (Å²) in [4.78, 5) is 10.2. The highest BCUT2D eigenvalue weighted by atomic mass is 16.4. The second kappa shape index (κ2) is 16.5. The number of carboxylic acid groups (broad SMARTS) is 1. The van der Waals surface area contributed by atoms with Crippen LogP contribution in [-0.4, -0.2) is 22.3 Å². The van der Waals surface area contributed by atoms with E-state index >= 15 is 0 Å². The predicted octanol–water partition coefficient (Wildman–Crippen LogP) is 4.96. The molecule has 23 heavy (non-hydrogen) atoms. The van der Waals surface area contributed by atoms with E-state index in [0.29, 0.717) is 0 Å². The van der Waals surface area contributed by atoms with Crippen LogP contribution in [0.3, 0.4) is 0 Å². The molecule has 1 atom stereocenters. The molecule has 0 saturated carbocycles. The molecule has 0 fully saturated rings. The fourth-order valence-corrected chi connectivity index (χ4v) is 1.94. The summed E-state index contributed by atoms with van der Waals surface area (Å²) in [6.07, 6.45) is 24.9. The lowest BCUT2D eigenvalue weighted by molar-refractivity contribution is -0.131. The summed E-state index contributed by atoms with van der Waals surface area (Å²) in [5.74, 6) is -0.947. The number of aliphatic hydroxyl groups is 1. The zero-order valence-corrected chi connectivity index (χ0v) is 14.1. The van der Waals surface area contributed by atoms with Gasteiger partial charge in [0.05, 0.1) is 6.10 Å². The highest BCUT2D eigenvalue weighted by Crippen LogP contribution is 2.09. The monoisotopic (exact) mass is 318 g/mol. The van der Waals surface area contributed by atoms with E-state index in [4.69, 9.17) is 5.11 Å². The second-order valence-electron chi connectivity index (χ2n) is 5.36. The zero-order valence-electron chi connectivity index (χ0n) is 14.1. The third-order valence-electron chi connectivity index (χ3n) is 3.20. The number of aliphatic carboxylic acids is 1. The van der Waals surface area contributed by atoms with Crippen molar-refractivity contribution in [2.75, 3.05) is 0 Å². The van der Waals surface area contributed by atoms with Gasteiger partial charge in [0.25, 0.3) is 0 Å². The molecule has 0 rings (SSSR count). The van der Waals surface area contributed by atoms with Gasteiger partial charge in [-0.25, -0.2) is 4.79 Å². The van der Waals surface area contributed by atoms with Crippen molar-refractivity contribution in [3.63, 3.8) is 0 Å². The van der Waals surface area contributed by atoms with Crippen LogP contribution in [0.25, 0.3) is 0 Å². The Morgan fingerprint density at radius 3 is 2.04 bits per heavy atom. The highest BCUT2D eigenvalue weighted by molar-refractivity contribution is 5.80. The number of unbranched alkanes of at least 4 members (excludes halogenated alkanes) is 3. The van der Waals surface area contributed by atoms with E-state index in [-0.39, 0.29) is 6.10 Å². The number of hydrogen-bond acceptors (Lipinski definition) is 2. The molecule has 0 aliphatic rings. The first-order chi connectivity index (χ1) is 11.2. The molecule has 0 saturated heterocycles. The number of aliphatic hydroxyl groups excluding tert-OH is 1. The Morgan fingerprint density at radius 2 is 1.43 bits per heavy atom. The molecule has 2 N–H and O–H groups in total. The van der Waals surface area contributed by atoms with Gasteiger partial charge in [-0.3, -0.25) is 0 Å². The fourth-order valence-electron chi connectivity index (χ4n) is 1.94. The van der Waals surface area contributed by atoms with Gasteiger partial charge in [-0.15, -0.1) is 0 Å². The molecule has 0 aromatic rings. The molecule has 128 valence electrons. The van der Waals surface area contributed by atoms with Crippen molar-refractivity contribution in [3.8, 4) is 0 Å². The molecule has 0 radical (unpaired) electrons. The van der Waals surface area contributed by atoms with Crippen LogP contribution in [0.5, 0.6) is 0 Å². The van der Waals surface area contributed by atoms with Gasteiger partial charge in [-0.05, 0) is 25.7 Å². The van der Waals surface area contributed by atoms with Crippen molar-refractivity contribution in [2.24, 2.45) is 0 Å². The zero-order chi connectivity index (χ0) is 17.2. The highest BCUT2D eigenvalue weighted by Gasteiger charge is 2.01. The van der Waals surface area contributed by atoms with E-state index in [1.54, 1.807) is 12.2 Å². The first-order valence-corrected chi connectivity index (χ1v) is 8.41. The predicted molar refractivity (Wildman–Crippen MR) is 97.3 cm³/mol. The summed E-state index contributed by atoms with van der Waals surface area (Å²) in [6.45, 7) is 2.17. The lowest BCUT2D eigenvalue weighted by Crippen LogP contribution is -2.05. The van der Waals surface area contributed by atoms with Gasteiger partial charge in [0.15, 0.2) is 0 Å². The Bertz CT molecular complexity index is 428. The molecule has 0 spiro atoms. The Morgan fingerprint density at radius 1 is 0.870 bits per heavy atom. The van der Waals surface area contributed by atoms with Crippen LogP contribution in [0, 0.1) is 0 Å². The van der Waals surface area contributed by atoms with Gasteiger partial charge >= 0.3 is 5.97 Å². The van der Waals surface area contributed by atoms with E-state index in [2.05, 4.69) is 13.0 Å². The van der Waals surface area contributed by atoms with Crippen LogP contribution in [0.2, 0.25) is 0 Å². The average molecular weight is 318 g/mol. The Kier molecular flexibility index (Phi) is 15.2. The van der Waals surface area contributed by atoms with Crippen molar-refractivity contribution in [1.29, 1.82) is 0 Å². The molecule has 0 heterocycles. The van der Waals surface area contributed by atoms with Gasteiger partial charge in [-0.1, -0.05) is 80.9 Å². The largest absolute Gasteiger partial charge is 0.478 e. The molecular weight excluding hydrogens is 288 g/mol. The summed E-state index contributed by atoms with van der Waals surface area (Å²) >= 11 is 0. The SMILES string of the molecule is CCCCC[C@@H](O)CCCC=CC=CC=CC=CC=CC(=O)O. The van der Waals surface area contributed by atoms with Crippen molar-refractivity contribution < 1.29 is 15.0 Å². The van der Waals surface area contributed by atoms with Crippen LogP contribution in [0.1, 0.15) is 51.9 Å². The molecule has 0 amide bonds. The van der Waals surface area contributed by atoms with Crippen molar-refractivity contribution in [2.45, 2.75) is 58.0 Å². The first-order valence-electron chi connectivity index (χ1n) is 8.41. The van der Waals surface area contributed by atoms with Crippen LogP contribution in [0.4, 0.5) is 0 Å². The quantitative estimate of drug-likeness (QED) is 0.286. The van der Waals surface area contributed by atoms with Crippen LogP contribution >= 0.6 is 0 Å². The van der Waals surface area contributed by atoms with Crippen LogP contribution in [0.15, 0.2) is 60.8 Å². The fraction of sp³-hybridized carbons (Fsp3) is 0.450. The summed E-state index contributed by atoms with van der Waals surface area (Å²) in [7, 11) is 0. The van der Waals surface area contributed by atoms with Crippen LogP contribution < -0.4 is 0 Å². The van der Waals surface area contributed by atoms with E-state index in [0.717, 1.165) is 38.2 Å². The molecule has 0 aliphatic heterocycles. The van der Waals surface area contributed by atoms with Crippen LogP contribution in [-0.2, 0) is 4.79 Å². The van der Waals surface area contributed by atoms with Crippen molar-refractivity contribution in [1.82, 2.24) is 0 Å². The first kappa shape index (κ1) is 21.1. The second-order valence-corrected chi connectivity index (χ2v) is 5.36. The smallest absolute Gasteiger partial charge is 0.328 e. The average Bonchev–Trinajstić information content (AvgIpc) is 2.51. The third-order valence-corrected chi connectivity index (χ3v) is 3.20. The summed E-state index contributed by atoms with van der Waals surface area (Å²) in [6, 6.07) is 0. The normalized spacial score (nSPS) is 14.2. The van der Waals surface area contributed by atoms with Gasteiger partial charge in [-0.2, -0.15) is 0 Å². The minimum absolute atomic E-state index is 0.143. The summed E-state index contributed by atoms with van der Waals surface area (Å²) < 4.78 is 0. The third kappa shape index (κ3) is 18.1. The minimum Gasteiger partial charge on any atom is -0.478 e. The van der Waals surface area contributed by atoms with Crippen molar-refractivity contribution in [3.05, 3.63) is 60.8 Å². The Balaban J connectivity index is 3.64. The Hall–Kier alpha value is -1.87. The molecule has 0 aromatic carbocycles. The van der Waals surface area contributed by atoms with E-state index < -0.39 is 5.97 Å². The molecule has 0 aromatic heterocycles. The molecule has 0 unspecified atom stereocenters. The number of allylic oxidation sites excluding steroid dienone is 9. The maximum Gasteiger partial charge on any atom is 0.328 e. The van der Waals surface area contributed by atoms with Gasteiger partial charge < -0.3 is 10.2 Å². The van der Waals surface area contributed by atoms with E-state index in [1.807, 2.05) is 30.4 Å². The maximum absolute atomic E-state index is 10.2. The molecule has 3 nitrogen and oxygen atoms in total.